The highest BCUT2D eigenvalue weighted by Gasteiger charge is 2.62. The molecule has 0 bridgehead atoms. The third-order valence-corrected chi connectivity index (χ3v) is 1.33. The first-order chi connectivity index (χ1) is 6.69. The van der Waals surface area contributed by atoms with Gasteiger partial charge in [-0.25, -0.2) is 9.18 Å². The Bertz CT molecular complexity index is 266. The summed E-state index contributed by atoms with van der Waals surface area (Å²) < 4.78 is 51.7. The fraction of sp³-hybridized carbons (Fsp3) is 0.667. The van der Waals surface area contributed by atoms with Crippen LogP contribution in [0, 0.1) is 0 Å². The molecular formula is C6H7F4NO4. The van der Waals surface area contributed by atoms with Gasteiger partial charge in [0.25, 0.3) is 5.91 Å². The van der Waals surface area contributed by atoms with Gasteiger partial charge in [-0.05, 0) is 0 Å². The number of hydrogen-bond donors (Lipinski definition) is 2. The molecule has 0 rings (SSSR count). The van der Waals surface area contributed by atoms with E-state index >= 15 is 0 Å². The highest BCUT2D eigenvalue weighted by atomic mass is 19.4. The number of nitrogens with one attached hydrogen (secondary N) is 1. The number of esters is 1. The van der Waals surface area contributed by atoms with Crippen LogP contribution in [0.3, 0.4) is 0 Å². The second-order valence-corrected chi connectivity index (χ2v) is 2.38. The number of carbonyl (C=O) groups is 2. The van der Waals surface area contributed by atoms with Gasteiger partial charge in [0.2, 0.25) is 0 Å². The molecule has 0 radical (unpaired) electrons. The SMILES string of the molecule is COC(=O)[C@@](O)(NC(=O)CF)C(F)(F)F. The fourth-order valence-corrected chi connectivity index (χ4v) is 0.621. The number of ether oxygens (including phenoxy) is 1. The van der Waals surface area contributed by atoms with Gasteiger partial charge in [0.05, 0.1) is 7.11 Å². The van der Waals surface area contributed by atoms with Crippen LogP contribution in [0.1, 0.15) is 0 Å². The summed E-state index contributed by atoms with van der Waals surface area (Å²) in [7, 11) is 0.570. The number of rotatable bonds is 3. The lowest BCUT2D eigenvalue weighted by atomic mass is 10.2. The molecule has 0 unspecified atom stereocenters. The smallest absolute Gasteiger partial charge is 0.448 e. The normalized spacial score (nSPS) is 15.3. The molecule has 2 N–H and O–H groups in total. The van der Waals surface area contributed by atoms with Crippen LogP contribution in [0.25, 0.3) is 0 Å². The molecule has 0 heterocycles. The lowest BCUT2D eigenvalue weighted by molar-refractivity contribution is -0.270. The minimum atomic E-state index is -5.51. The molecule has 0 aromatic rings. The first-order valence-corrected chi connectivity index (χ1v) is 3.43. The molecule has 0 saturated heterocycles. The Morgan fingerprint density at radius 1 is 1.40 bits per heavy atom. The van der Waals surface area contributed by atoms with Gasteiger partial charge in [0.1, 0.15) is 0 Å². The summed E-state index contributed by atoms with van der Waals surface area (Å²) in [5.41, 5.74) is -4.23. The largest absolute Gasteiger partial charge is 0.465 e. The Balaban J connectivity index is 5.04. The third-order valence-electron chi connectivity index (χ3n) is 1.33. The molecule has 1 amide bonds. The predicted octanol–water partition coefficient (Wildman–Crippen LogP) is -0.504. The summed E-state index contributed by atoms with van der Waals surface area (Å²) in [6, 6.07) is 0. The van der Waals surface area contributed by atoms with E-state index in [-0.39, 0.29) is 0 Å². The lowest BCUT2D eigenvalue weighted by Crippen LogP contribution is -2.64. The second-order valence-electron chi connectivity index (χ2n) is 2.38. The van der Waals surface area contributed by atoms with Gasteiger partial charge in [-0.3, -0.25) is 4.79 Å². The Hall–Kier alpha value is -1.38. The van der Waals surface area contributed by atoms with E-state index in [2.05, 4.69) is 4.74 Å². The second kappa shape index (κ2) is 4.43. The number of methoxy groups -OCH3 is 1. The number of amides is 1. The maximum Gasteiger partial charge on any atom is 0.448 e. The molecule has 0 aromatic carbocycles. The van der Waals surface area contributed by atoms with Crippen LogP contribution in [0.4, 0.5) is 17.6 Å². The summed E-state index contributed by atoms with van der Waals surface area (Å²) in [4.78, 5) is 20.9. The van der Waals surface area contributed by atoms with Crippen molar-refractivity contribution in [2.75, 3.05) is 13.8 Å². The number of carbonyl (C=O) groups excluding carboxylic acids is 2. The van der Waals surface area contributed by atoms with Gasteiger partial charge in [0.15, 0.2) is 6.67 Å². The average molecular weight is 233 g/mol. The van der Waals surface area contributed by atoms with Crippen LogP contribution in [-0.4, -0.2) is 42.7 Å². The zero-order valence-corrected chi connectivity index (χ0v) is 7.39. The first-order valence-electron chi connectivity index (χ1n) is 3.43. The van der Waals surface area contributed by atoms with E-state index in [1.54, 1.807) is 0 Å². The quantitative estimate of drug-likeness (QED) is 0.391. The molecule has 0 fully saturated rings. The van der Waals surface area contributed by atoms with Crippen molar-refractivity contribution in [3.05, 3.63) is 0 Å². The van der Waals surface area contributed by atoms with Crippen LogP contribution >= 0.6 is 0 Å². The Labute approximate surface area is 81.0 Å². The molecular weight excluding hydrogens is 226 g/mol. The third kappa shape index (κ3) is 2.78. The molecule has 15 heavy (non-hydrogen) atoms. The topological polar surface area (TPSA) is 75.6 Å². The molecule has 0 spiro atoms. The van der Waals surface area contributed by atoms with Crippen LogP contribution in [0.15, 0.2) is 0 Å². The van der Waals surface area contributed by atoms with Crippen LogP contribution in [0.5, 0.6) is 0 Å². The van der Waals surface area contributed by atoms with E-state index in [1.807, 2.05) is 0 Å². The summed E-state index contributed by atoms with van der Waals surface area (Å²) in [5, 5.41) is 9.60. The minimum absolute atomic E-state index is 0.570. The van der Waals surface area contributed by atoms with Crippen molar-refractivity contribution in [3.63, 3.8) is 0 Å². The van der Waals surface area contributed by atoms with Gasteiger partial charge in [-0.15, -0.1) is 0 Å². The Morgan fingerprint density at radius 2 is 1.87 bits per heavy atom. The molecule has 88 valence electrons. The molecule has 0 aliphatic heterocycles. The highest BCUT2D eigenvalue weighted by Crippen LogP contribution is 2.29. The average Bonchev–Trinajstić information content (AvgIpc) is 2.14. The zero-order valence-electron chi connectivity index (χ0n) is 7.39. The van der Waals surface area contributed by atoms with E-state index in [0.717, 1.165) is 5.32 Å². The zero-order chi connectivity index (χ0) is 12.3. The molecule has 0 saturated carbocycles. The molecule has 0 aliphatic carbocycles. The van der Waals surface area contributed by atoms with Crippen molar-refractivity contribution in [3.8, 4) is 0 Å². The van der Waals surface area contributed by atoms with E-state index in [0.29, 0.717) is 7.11 Å². The number of alkyl halides is 4. The number of halogens is 4. The van der Waals surface area contributed by atoms with Crippen molar-refractivity contribution < 1.29 is 37.0 Å². The monoisotopic (exact) mass is 233 g/mol. The molecule has 0 aliphatic rings. The minimum Gasteiger partial charge on any atom is -0.465 e. The molecule has 1 atom stereocenters. The van der Waals surface area contributed by atoms with Crippen molar-refractivity contribution >= 4 is 11.9 Å². The molecule has 5 nitrogen and oxygen atoms in total. The van der Waals surface area contributed by atoms with Gasteiger partial charge in [0, 0.05) is 0 Å². The van der Waals surface area contributed by atoms with Gasteiger partial charge in [-0.2, -0.15) is 13.2 Å². The molecule has 9 heteroatoms. The summed E-state index contributed by atoms with van der Waals surface area (Å²) in [5.74, 6) is -3.95. The lowest BCUT2D eigenvalue weighted by Gasteiger charge is -2.27. The first kappa shape index (κ1) is 13.6. The fourth-order valence-electron chi connectivity index (χ4n) is 0.621. The van der Waals surface area contributed by atoms with Crippen molar-refractivity contribution in [2.24, 2.45) is 0 Å². The van der Waals surface area contributed by atoms with E-state index in [9.17, 15) is 27.2 Å². The van der Waals surface area contributed by atoms with Gasteiger partial charge >= 0.3 is 17.9 Å². The van der Waals surface area contributed by atoms with E-state index < -0.39 is 30.5 Å². The Kier molecular flexibility index (Phi) is 4.02. The van der Waals surface area contributed by atoms with Crippen LogP contribution < -0.4 is 5.32 Å². The van der Waals surface area contributed by atoms with Crippen LogP contribution in [-0.2, 0) is 14.3 Å². The van der Waals surface area contributed by atoms with Crippen molar-refractivity contribution in [1.29, 1.82) is 0 Å². The standard InChI is InChI=1S/C6H7F4NO4/c1-15-4(13)5(14,6(8,9)10)11-3(12)2-7/h14H,2H2,1H3,(H,11,12)/t5-/m0/s1. The molecule has 0 aromatic heterocycles. The predicted molar refractivity (Wildman–Crippen MR) is 37.1 cm³/mol. The van der Waals surface area contributed by atoms with E-state index in [1.165, 1.54) is 0 Å². The number of hydrogen-bond acceptors (Lipinski definition) is 4. The van der Waals surface area contributed by atoms with Gasteiger partial charge < -0.3 is 15.2 Å². The van der Waals surface area contributed by atoms with Crippen LogP contribution in [0.2, 0.25) is 0 Å². The maximum atomic E-state index is 12.2. The van der Waals surface area contributed by atoms with Crippen molar-refractivity contribution in [2.45, 2.75) is 11.9 Å². The summed E-state index contributed by atoms with van der Waals surface area (Å²) >= 11 is 0. The van der Waals surface area contributed by atoms with Crippen molar-refractivity contribution in [1.82, 2.24) is 5.32 Å². The Morgan fingerprint density at radius 3 is 2.13 bits per heavy atom. The maximum absolute atomic E-state index is 12.2. The van der Waals surface area contributed by atoms with E-state index in [4.69, 9.17) is 5.11 Å². The summed E-state index contributed by atoms with van der Waals surface area (Å²) in [6.45, 7) is -1.81. The summed E-state index contributed by atoms with van der Waals surface area (Å²) in [6.07, 6.45) is -5.51. The van der Waals surface area contributed by atoms with Gasteiger partial charge in [-0.1, -0.05) is 0 Å². The highest BCUT2D eigenvalue weighted by molar-refractivity contribution is 5.87. The number of aliphatic hydroxyl groups is 1.